The molecule has 0 amide bonds. The molecule has 4 rings (SSSR count). The number of ketones is 1. The zero-order chi connectivity index (χ0) is 17.1. The second-order valence-corrected chi connectivity index (χ2v) is 8.23. The van der Waals surface area contributed by atoms with Crippen LogP contribution >= 0.6 is 15.9 Å². The molecular formula is C18H18BrN3O2. The summed E-state index contributed by atoms with van der Waals surface area (Å²) in [5.41, 5.74) is 2.92. The van der Waals surface area contributed by atoms with E-state index in [0.29, 0.717) is 17.8 Å². The Balaban J connectivity index is 1.94. The monoisotopic (exact) mass is 387 g/mol. The van der Waals surface area contributed by atoms with E-state index in [2.05, 4.69) is 45.3 Å². The molecule has 124 valence electrons. The molecule has 2 heterocycles. The molecule has 3 N–H and O–H groups in total. The van der Waals surface area contributed by atoms with Crippen molar-refractivity contribution in [3.05, 3.63) is 61.5 Å². The van der Waals surface area contributed by atoms with Crippen molar-refractivity contribution in [1.29, 1.82) is 0 Å². The van der Waals surface area contributed by atoms with Crippen LogP contribution in [0.1, 0.15) is 43.7 Å². The Morgan fingerprint density at radius 1 is 1.08 bits per heavy atom. The van der Waals surface area contributed by atoms with Gasteiger partial charge in [0.15, 0.2) is 5.78 Å². The van der Waals surface area contributed by atoms with Gasteiger partial charge in [0.05, 0.1) is 5.56 Å². The van der Waals surface area contributed by atoms with Gasteiger partial charge in [0.25, 0.3) is 5.56 Å². The van der Waals surface area contributed by atoms with Gasteiger partial charge < -0.3 is 5.32 Å². The van der Waals surface area contributed by atoms with Crippen LogP contribution < -0.4 is 10.9 Å². The zero-order valence-corrected chi connectivity index (χ0v) is 15.1. The van der Waals surface area contributed by atoms with Crippen molar-refractivity contribution in [2.45, 2.75) is 32.6 Å². The molecular weight excluding hydrogens is 370 g/mol. The highest BCUT2D eigenvalue weighted by Crippen LogP contribution is 2.47. The van der Waals surface area contributed by atoms with Crippen molar-refractivity contribution >= 4 is 27.5 Å². The summed E-state index contributed by atoms with van der Waals surface area (Å²) in [6, 6.07) is 7.81. The number of carbonyl (C=O) groups is 1. The van der Waals surface area contributed by atoms with E-state index < -0.39 is 0 Å². The lowest BCUT2D eigenvalue weighted by atomic mass is 9.69. The Labute approximate surface area is 147 Å². The van der Waals surface area contributed by atoms with Crippen LogP contribution in [-0.4, -0.2) is 16.0 Å². The summed E-state index contributed by atoms with van der Waals surface area (Å²) in [6.07, 6.45) is 1.28. The number of Topliss-reactive ketones (excluding diaryl/α,β-unsaturated/α-hetero) is 1. The highest BCUT2D eigenvalue weighted by Gasteiger charge is 2.42. The fourth-order valence-corrected chi connectivity index (χ4v) is 4.07. The first-order valence-electron chi connectivity index (χ1n) is 7.95. The van der Waals surface area contributed by atoms with Gasteiger partial charge in [-0.05, 0) is 29.5 Å². The SMILES string of the molecule is CC1(C)CC(=O)C2=C(C1)Nc1[nH][nH]c(=O)c1[C@H]2c1ccc(Br)cc1. The third-order valence-electron chi connectivity index (χ3n) is 4.79. The highest BCUT2D eigenvalue weighted by molar-refractivity contribution is 9.10. The molecule has 1 aliphatic carbocycles. The number of aromatic amines is 2. The number of nitrogens with one attached hydrogen (secondary N) is 3. The molecule has 1 aromatic carbocycles. The number of carbonyl (C=O) groups excluding carboxylic acids is 1. The zero-order valence-electron chi connectivity index (χ0n) is 13.5. The molecule has 0 radical (unpaired) electrons. The third-order valence-corrected chi connectivity index (χ3v) is 5.32. The molecule has 0 saturated carbocycles. The lowest BCUT2D eigenvalue weighted by Gasteiger charge is -2.37. The fourth-order valence-electron chi connectivity index (χ4n) is 3.81. The number of benzene rings is 1. The normalized spacial score (nSPS) is 22.0. The van der Waals surface area contributed by atoms with Crippen LogP contribution in [0.3, 0.4) is 0 Å². The van der Waals surface area contributed by atoms with E-state index in [0.717, 1.165) is 27.7 Å². The van der Waals surface area contributed by atoms with Gasteiger partial charge in [-0.1, -0.05) is 41.9 Å². The van der Waals surface area contributed by atoms with Crippen molar-refractivity contribution in [3.63, 3.8) is 0 Å². The van der Waals surface area contributed by atoms with E-state index in [1.165, 1.54) is 0 Å². The summed E-state index contributed by atoms with van der Waals surface area (Å²) in [4.78, 5) is 25.3. The minimum absolute atomic E-state index is 0.0821. The smallest absolute Gasteiger partial charge is 0.270 e. The van der Waals surface area contributed by atoms with E-state index in [9.17, 15) is 9.59 Å². The van der Waals surface area contributed by atoms with Crippen LogP contribution in [0.25, 0.3) is 0 Å². The minimum Gasteiger partial charge on any atom is -0.343 e. The first kappa shape index (κ1) is 15.4. The predicted octanol–water partition coefficient (Wildman–Crippen LogP) is 3.67. The topological polar surface area (TPSA) is 77.8 Å². The average molecular weight is 388 g/mol. The summed E-state index contributed by atoms with van der Waals surface area (Å²) >= 11 is 3.44. The molecule has 6 heteroatoms. The quantitative estimate of drug-likeness (QED) is 0.698. The van der Waals surface area contributed by atoms with Crippen LogP contribution in [0.2, 0.25) is 0 Å². The molecule has 1 aromatic heterocycles. The Kier molecular flexibility index (Phi) is 3.35. The van der Waals surface area contributed by atoms with Gasteiger partial charge in [-0.2, -0.15) is 0 Å². The van der Waals surface area contributed by atoms with Gasteiger partial charge in [-0.3, -0.25) is 19.8 Å². The van der Waals surface area contributed by atoms with Gasteiger partial charge in [-0.25, -0.2) is 0 Å². The number of fused-ring (bicyclic) bond motifs is 1. The van der Waals surface area contributed by atoms with Crippen molar-refractivity contribution in [2.75, 3.05) is 5.32 Å². The summed E-state index contributed by atoms with van der Waals surface area (Å²) in [5, 5.41) is 8.83. The summed E-state index contributed by atoms with van der Waals surface area (Å²) in [7, 11) is 0. The molecule has 5 nitrogen and oxygen atoms in total. The van der Waals surface area contributed by atoms with Crippen molar-refractivity contribution in [3.8, 4) is 0 Å². The third kappa shape index (κ3) is 2.36. The molecule has 2 aromatic rings. The molecule has 0 unspecified atom stereocenters. The van der Waals surface area contributed by atoms with Crippen molar-refractivity contribution in [1.82, 2.24) is 10.2 Å². The van der Waals surface area contributed by atoms with E-state index in [1.54, 1.807) is 0 Å². The Morgan fingerprint density at radius 3 is 2.50 bits per heavy atom. The van der Waals surface area contributed by atoms with Gasteiger partial charge in [0.2, 0.25) is 0 Å². The van der Waals surface area contributed by atoms with Crippen LogP contribution in [0.4, 0.5) is 5.82 Å². The lowest BCUT2D eigenvalue weighted by Crippen LogP contribution is -2.34. The number of anilines is 1. The Hall–Kier alpha value is -2.08. The number of H-pyrrole nitrogens is 2. The minimum atomic E-state index is -0.331. The maximum atomic E-state index is 12.9. The van der Waals surface area contributed by atoms with Crippen LogP contribution in [-0.2, 0) is 4.79 Å². The molecule has 1 atom stereocenters. The van der Waals surface area contributed by atoms with Crippen molar-refractivity contribution < 1.29 is 4.79 Å². The molecule has 0 fully saturated rings. The van der Waals surface area contributed by atoms with Crippen LogP contribution in [0.15, 0.2) is 44.8 Å². The largest absolute Gasteiger partial charge is 0.343 e. The Morgan fingerprint density at radius 2 is 1.79 bits per heavy atom. The van der Waals surface area contributed by atoms with Crippen LogP contribution in [0.5, 0.6) is 0 Å². The molecule has 2 aliphatic rings. The van der Waals surface area contributed by atoms with E-state index in [-0.39, 0.29) is 22.7 Å². The number of rotatable bonds is 1. The van der Waals surface area contributed by atoms with E-state index >= 15 is 0 Å². The molecule has 0 saturated heterocycles. The highest BCUT2D eigenvalue weighted by atomic mass is 79.9. The standard InChI is InChI=1S/C18H18BrN3O2/c1-18(2)7-11-14(12(23)8-18)13(9-3-5-10(19)6-4-9)15-16(20-11)21-22-17(15)24/h3-6,13H,7-8H2,1-2H3,(H3,20,21,22,24)/t13-/m0/s1. The predicted molar refractivity (Wildman–Crippen MR) is 96.1 cm³/mol. The lowest BCUT2D eigenvalue weighted by molar-refractivity contribution is -0.118. The first-order chi connectivity index (χ1) is 11.4. The van der Waals surface area contributed by atoms with Crippen molar-refractivity contribution in [2.24, 2.45) is 5.41 Å². The molecule has 24 heavy (non-hydrogen) atoms. The van der Waals surface area contributed by atoms with E-state index in [4.69, 9.17) is 0 Å². The van der Waals surface area contributed by atoms with Crippen LogP contribution in [0, 0.1) is 5.41 Å². The van der Waals surface area contributed by atoms with Gasteiger partial charge >= 0.3 is 0 Å². The molecule has 1 aliphatic heterocycles. The maximum absolute atomic E-state index is 12.9. The average Bonchev–Trinajstić information content (AvgIpc) is 2.86. The summed E-state index contributed by atoms with van der Waals surface area (Å²) in [5.74, 6) is 0.452. The second-order valence-electron chi connectivity index (χ2n) is 7.31. The van der Waals surface area contributed by atoms with Gasteiger partial charge in [0, 0.05) is 28.1 Å². The number of hydrogen-bond donors (Lipinski definition) is 3. The number of halogens is 1. The van der Waals surface area contributed by atoms with Gasteiger partial charge in [-0.15, -0.1) is 0 Å². The van der Waals surface area contributed by atoms with E-state index in [1.807, 2.05) is 24.3 Å². The summed E-state index contributed by atoms with van der Waals surface area (Å²) in [6.45, 7) is 4.20. The number of hydrogen-bond acceptors (Lipinski definition) is 3. The summed E-state index contributed by atoms with van der Waals surface area (Å²) < 4.78 is 0.966. The molecule has 0 spiro atoms. The Bertz CT molecular complexity index is 918. The van der Waals surface area contributed by atoms with Gasteiger partial charge in [0.1, 0.15) is 5.82 Å². The number of aromatic nitrogens is 2. The fraction of sp³-hybridized carbons (Fsp3) is 0.333. The first-order valence-corrected chi connectivity index (χ1v) is 8.74. The maximum Gasteiger partial charge on any atom is 0.270 e. The number of allylic oxidation sites excluding steroid dienone is 2. The second kappa shape index (κ2) is 5.21. The molecule has 0 bridgehead atoms.